The fraction of sp³-hybridized carbons (Fsp3) is 0.167. The first-order valence-corrected chi connectivity index (χ1v) is 5.12. The Morgan fingerprint density at radius 3 is 2.65 bits per heavy atom. The van der Waals surface area contributed by atoms with Crippen molar-refractivity contribution < 1.29 is 14.4 Å². The van der Waals surface area contributed by atoms with Crippen LogP contribution in [0.3, 0.4) is 0 Å². The van der Waals surface area contributed by atoms with Gasteiger partial charge >= 0.3 is 0 Å². The number of phenols is 1. The van der Waals surface area contributed by atoms with Crippen LogP contribution < -0.4 is 5.32 Å². The van der Waals surface area contributed by atoms with Crippen LogP contribution in [0.1, 0.15) is 21.8 Å². The molecule has 0 fully saturated rings. The highest BCUT2D eigenvalue weighted by Gasteiger charge is 2.18. The van der Waals surface area contributed by atoms with E-state index in [2.05, 4.69) is 10.5 Å². The van der Waals surface area contributed by atoms with Gasteiger partial charge in [0.05, 0.1) is 11.4 Å². The monoisotopic (exact) mass is 232 g/mol. The maximum Gasteiger partial charge on any atom is 0.261 e. The summed E-state index contributed by atoms with van der Waals surface area (Å²) in [5, 5.41) is 15.9. The lowest BCUT2D eigenvalue weighted by Gasteiger charge is -2.06. The van der Waals surface area contributed by atoms with E-state index in [-0.39, 0.29) is 11.7 Å². The molecular weight excluding hydrogens is 220 g/mol. The number of aromatic nitrogens is 1. The van der Waals surface area contributed by atoms with E-state index in [1.807, 2.05) is 0 Å². The quantitative estimate of drug-likeness (QED) is 0.778. The Bertz CT molecular complexity index is 541. The first-order chi connectivity index (χ1) is 8.09. The molecule has 2 rings (SSSR count). The molecular formula is C12H12N2O3. The maximum absolute atomic E-state index is 11.9. The first-order valence-electron chi connectivity index (χ1n) is 5.12. The number of para-hydroxylation sites is 2. The Morgan fingerprint density at radius 2 is 2.06 bits per heavy atom. The van der Waals surface area contributed by atoms with Gasteiger partial charge in [-0.15, -0.1) is 0 Å². The summed E-state index contributed by atoms with van der Waals surface area (Å²) in [5.74, 6) is 0.130. The molecule has 0 spiro atoms. The minimum absolute atomic E-state index is 0.0209. The van der Waals surface area contributed by atoms with Gasteiger partial charge in [-0.25, -0.2) is 0 Å². The van der Waals surface area contributed by atoms with Crippen LogP contribution in [0, 0.1) is 13.8 Å². The summed E-state index contributed by atoms with van der Waals surface area (Å²) in [6.45, 7) is 3.36. The van der Waals surface area contributed by atoms with Crippen LogP contribution in [0.5, 0.6) is 5.75 Å². The predicted octanol–water partition coefficient (Wildman–Crippen LogP) is 2.25. The van der Waals surface area contributed by atoms with E-state index in [9.17, 15) is 9.90 Å². The van der Waals surface area contributed by atoms with Gasteiger partial charge in [0.2, 0.25) is 0 Å². The van der Waals surface area contributed by atoms with Crippen LogP contribution in [0.2, 0.25) is 0 Å². The van der Waals surface area contributed by atoms with Crippen molar-refractivity contribution in [2.75, 3.05) is 5.32 Å². The van der Waals surface area contributed by atoms with Gasteiger partial charge < -0.3 is 14.9 Å². The van der Waals surface area contributed by atoms with E-state index in [1.165, 1.54) is 6.07 Å². The third-order valence-corrected chi connectivity index (χ3v) is 2.41. The molecule has 1 aromatic heterocycles. The van der Waals surface area contributed by atoms with Crippen LogP contribution in [0.15, 0.2) is 28.8 Å². The van der Waals surface area contributed by atoms with Gasteiger partial charge in [-0.2, -0.15) is 0 Å². The molecule has 88 valence electrons. The molecule has 1 aromatic carbocycles. The van der Waals surface area contributed by atoms with Crippen molar-refractivity contribution in [3.05, 3.63) is 41.3 Å². The number of amides is 1. The third-order valence-electron chi connectivity index (χ3n) is 2.41. The Labute approximate surface area is 98.1 Å². The lowest BCUT2D eigenvalue weighted by molar-refractivity contribution is 0.102. The standard InChI is InChI=1S/C12H12N2O3/c1-7-11(8(2)17-14-7)12(16)13-9-5-3-4-6-10(9)15/h3-6,15H,1-2H3,(H,13,16). The summed E-state index contributed by atoms with van der Waals surface area (Å²) in [6, 6.07) is 6.53. The Balaban J connectivity index is 2.27. The van der Waals surface area contributed by atoms with Crippen molar-refractivity contribution in [2.45, 2.75) is 13.8 Å². The molecule has 0 radical (unpaired) electrons. The zero-order valence-electron chi connectivity index (χ0n) is 9.52. The van der Waals surface area contributed by atoms with Crippen molar-refractivity contribution in [1.29, 1.82) is 0 Å². The molecule has 0 aliphatic heterocycles. The predicted molar refractivity (Wildman–Crippen MR) is 62.0 cm³/mol. The molecule has 0 aliphatic rings. The number of hydrogen-bond acceptors (Lipinski definition) is 4. The maximum atomic E-state index is 11.9. The number of benzene rings is 1. The summed E-state index contributed by atoms with van der Waals surface area (Å²) in [6.07, 6.45) is 0. The molecule has 5 heteroatoms. The first kappa shape index (κ1) is 11.2. The van der Waals surface area contributed by atoms with Gasteiger partial charge in [-0.1, -0.05) is 17.3 Å². The highest BCUT2D eigenvalue weighted by Crippen LogP contribution is 2.23. The topological polar surface area (TPSA) is 75.4 Å². The average molecular weight is 232 g/mol. The number of nitrogens with one attached hydrogen (secondary N) is 1. The molecule has 0 bridgehead atoms. The van der Waals surface area contributed by atoms with Gasteiger partial charge in [0.15, 0.2) is 0 Å². The largest absolute Gasteiger partial charge is 0.506 e. The number of rotatable bonds is 2. The number of hydrogen-bond donors (Lipinski definition) is 2. The summed E-state index contributed by atoms with van der Waals surface area (Å²) >= 11 is 0. The number of anilines is 1. The van der Waals surface area contributed by atoms with Crippen LogP contribution in [-0.4, -0.2) is 16.2 Å². The lowest BCUT2D eigenvalue weighted by atomic mass is 10.2. The number of carbonyl (C=O) groups is 1. The van der Waals surface area contributed by atoms with E-state index < -0.39 is 0 Å². The molecule has 1 heterocycles. The van der Waals surface area contributed by atoms with Gasteiger partial charge in [0.1, 0.15) is 17.1 Å². The number of nitrogens with zero attached hydrogens (tertiary/aromatic N) is 1. The SMILES string of the molecule is Cc1noc(C)c1C(=O)Nc1ccccc1O. The molecule has 2 aromatic rings. The van der Waals surface area contributed by atoms with Gasteiger partial charge in [-0.3, -0.25) is 4.79 Å². The van der Waals surface area contributed by atoms with Crippen molar-refractivity contribution >= 4 is 11.6 Å². The number of aryl methyl sites for hydroxylation is 2. The third kappa shape index (κ3) is 2.13. The minimum atomic E-state index is -0.345. The molecule has 1 amide bonds. The fourth-order valence-corrected chi connectivity index (χ4v) is 1.57. The second kappa shape index (κ2) is 4.29. The van der Waals surface area contributed by atoms with Gasteiger partial charge in [0.25, 0.3) is 5.91 Å². The number of carbonyl (C=O) groups excluding carboxylic acids is 1. The molecule has 0 atom stereocenters. The van der Waals surface area contributed by atoms with Crippen LogP contribution in [0.25, 0.3) is 0 Å². The second-order valence-electron chi connectivity index (χ2n) is 3.67. The molecule has 0 aliphatic carbocycles. The van der Waals surface area contributed by atoms with Crippen LogP contribution >= 0.6 is 0 Å². The number of phenolic OH excluding ortho intramolecular Hbond substituents is 1. The van der Waals surface area contributed by atoms with Gasteiger partial charge in [-0.05, 0) is 26.0 Å². The van der Waals surface area contributed by atoms with Crippen LogP contribution in [-0.2, 0) is 0 Å². The highest BCUT2D eigenvalue weighted by atomic mass is 16.5. The number of aromatic hydroxyl groups is 1. The molecule has 2 N–H and O–H groups in total. The van der Waals surface area contributed by atoms with Crippen molar-refractivity contribution in [3.63, 3.8) is 0 Å². The smallest absolute Gasteiger partial charge is 0.261 e. The Morgan fingerprint density at radius 1 is 1.35 bits per heavy atom. The molecule has 17 heavy (non-hydrogen) atoms. The van der Waals surface area contributed by atoms with Gasteiger partial charge in [0, 0.05) is 0 Å². The van der Waals surface area contributed by atoms with Crippen LogP contribution in [0.4, 0.5) is 5.69 Å². The molecule has 0 saturated carbocycles. The zero-order valence-corrected chi connectivity index (χ0v) is 9.52. The average Bonchev–Trinajstić information content (AvgIpc) is 2.62. The summed E-state index contributed by atoms with van der Waals surface area (Å²) < 4.78 is 4.91. The van der Waals surface area contributed by atoms with E-state index in [1.54, 1.807) is 32.0 Å². The zero-order chi connectivity index (χ0) is 12.4. The van der Waals surface area contributed by atoms with E-state index in [0.717, 1.165) is 0 Å². The molecule has 0 saturated heterocycles. The van der Waals surface area contributed by atoms with E-state index in [4.69, 9.17) is 4.52 Å². The minimum Gasteiger partial charge on any atom is -0.506 e. The van der Waals surface area contributed by atoms with E-state index in [0.29, 0.717) is 22.7 Å². The Kier molecular flexibility index (Phi) is 2.82. The van der Waals surface area contributed by atoms with Crippen molar-refractivity contribution in [1.82, 2.24) is 5.16 Å². The summed E-state index contributed by atoms with van der Waals surface area (Å²) in [5.41, 5.74) is 1.28. The molecule has 5 nitrogen and oxygen atoms in total. The summed E-state index contributed by atoms with van der Waals surface area (Å²) in [4.78, 5) is 11.9. The highest BCUT2D eigenvalue weighted by molar-refractivity contribution is 6.06. The van der Waals surface area contributed by atoms with E-state index >= 15 is 0 Å². The lowest BCUT2D eigenvalue weighted by Crippen LogP contribution is -2.13. The normalized spacial score (nSPS) is 10.2. The Hall–Kier alpha value is -2.30. The van der Waals surface area contributed by atoms with Crippen molar-refractivity contribution in [3.8, 4) is 5.75 Å². The van der Waals surface area contributed by atoms with Crippen molar-refractivity contribution in [2.24, 2.45) is 0 Å². The fourth-order valence-electron chi connectivity index (χ4n) is 1.57. The summed E-state index contributed by atoms with van der Waals surface area (Å²) in [7, 11) is 0. The molecule has 0 unspecified atom stereocenters. The second-order valence-corrected chi connectivity index (χ2v) is 3.67.